The predicted molar refractivity (Wildman–Crippen MR) is 104 cm³/mol. The van der Waals surface area contributed by atoms with Gasteiger partial charge >= 0.3 is 0 Å². The van der Waals surface area contributed by atoms with Crippen LogP contribution >= 0.6 is 0 Å². The third kappa shape index (κ3) is 35.7. The van der Waals surface area contributed by atoms with Gasteiger partial charge in [-0.3, -0.25) is 0 Å². The van der Waals surface area contributed by atoms with Crippen LogP contribution in [0.4, 0.5) is 0 Å². The van der Waals surface area contributed by atoms with E-state index in [4.69, 9.17) is 45.6 Å². The second kappa shape index (κ2) is 25.7. The Labute approximate surface area is 166 Å². The highest BCUT2D eigenvalue weighted by Crippen LogP contribution is 2.09. The third-order valence-corrected chi connectivity index (χ3v) is 2.28. The van der Waals surface area contributed by atoms with Crippen molar-refractivity contribution in [3.8, 4) is 5.75 Å². The van der Waals surface area contributed by atoms with E-state index in [9.17, 15) is 0 Å². The lowest BCUT2D eigenvalue weighted by Crippen LogP contribution is -2.15. The molecule has 10 nitrogen and oxygen atoms in total. The average Bonchev–Trinajstić information content (AvgIpc) is 2.62. The van der Waals surface area contributed by atoms with E-state index in [-0.39, 0.29) is 25.3 Å². The van der Waals surface area contributed by atoms with Crippen molar-refractivity contribution in [3.63, 3.8) is 0 Å². The fourth-order valence-corrected chi connectivity index (χ4v) is 1.01. The summed E-state index contributed by atoms with van der Waals surface area (Å²) in [5, 5.41) is 65.0. The highest BCUT2D eigenvalue weighted by Gasteiger charge is 1.94. The first-order valence-electron chi connectivity index (χ1n) is 8.58. The van der Waals surface area contributed by atoms with E-state index in [1.54, 1.807) is 19.1 Å². The molecule has 0 aliphatic rings. The molecule has 0 fully saturated rings. The van der Waals surface area contributed by atoms with Crippen LogP contribution in [0, 0.1) is 0 Å². The van der Waals surface area contributed by atoms with Crippen molar-refractivity contribution in [2.45, 2.75) is 58.4 Å². The molecule has 1 rings (SSSR count). The number of aliphatic hydroxyl groups is 8. The molecule has 0 heterocycles. The molecule has 10 heteroatoms. The fraction of sp³-hybridized carbons (Fsp3) is 0.667. The zero-order valence-corrected chi connectivity index (χ0v) is 16.7. The van der Waals surface area contributed by atoms with Crippen molar-refractivity contribution in [2.24, 2.45) is 0 Å². The molecule has 10 N–H and O–H groups in total. The van der Waals surface area contributed by atoms with Gasteiger partial charge in [-0.2, -0.15) is 0 Å². The summed E-state index contributed by atoms with van der Waals surface area (Å²) in [4.78, 5) is 0. The zero-order chi connectivity index (χ0) is 21.7. The molecule has 0 saturated carbocycles. The Balaban J connectivity index is -0.000000142. The lowest BCUT2D eigenvalue weighted by molar-refractivity contribution is -0.0453. The maximum atomic E-state index is 8.78. The minimum Gasteiger partial charge on any atom is -0.465 e. The Morgan fingerprint density at radius 2 is 1.25 bits per heavy atom. The molecule has 2 unspecified atom stereocenters. The van der Waals surface area contributed by atoms with Gasteiger partial charge in [0.05, 0.1) is 25.9 Å². The van der Waals surface area contributed by atoms with E-state index in [2.05, 4.69) is 0 Å². The van der Waals surface area contributed by atoms with E-state index in [1.807, 2.05) is 25.1 Å². The zero-order valence-electron chi connectivity index (χ0n) is 16.7. The van der Waals surface area contributed by atoms with Gasteiger partial charge in [-0.1, -0.05) is 31.5 Å². The van der Waals surface area contributed by atoms with Gasteiger partial charge in [0.2, 0.25) is 0 Å². The molecule has 1 aromatic carbocycles. The largest absolute Gasteiger partial charge is 0.465 e. The van der Waals surface area contributed by atoms with E-state index in [1.165, 1.54) is 6.92 Å². The van der Waals surface area contributed by atoms with E-state index < -0.39 is 24.8 Å². The Morgan fingerprint density at radius 3 is 1.43 bits per heavy atom. The molecule has 0 radical (unpaired) electrons. The van der Waals surface area contributed by atoms with Crippen LogP contribution in [0.1, 0.15) is 33.6 Å². The standard InChI is InChI=1S/C8H10O2.C4H10O2.C3H8O3.C3H8O2.H2O/c1-7(9)10-8-5-3-2-4-6-8;1-2-3-4(5)6;4-1-3(6)2-5;1-3(5)2-4;/h2-7,9H,1H3;4-6H,2-3H2,1H3;3-6H,1-2H2;3-5H,2H2,1H3;1H2. The first kappa shape index (κ1) is 34.2. The second-order valence-electron chi connectivity index (χ2n) is 5.35. The van der Waals surface area contributed by atoms with Crippen LogP contribution in [0.3, 0.4) is 0 Å². The van der Waals surface area contributed by atoms with Gasteiger partial charge in [0.1, 0.15) is 11.9 Å². The quantitative estimate of drug-likeness (QED) is 0.241. The summed E-state index contributed by atoms with van der Waals surface area (Å²) in [7, 11) is 0. The van der Waals surface area contributed by atoms with Crippen LogP contribution in [-0.4, -0.2) is 90.9 Å². The highest BCUT2D eigenvalue weighted by molar-refractivity contribution is 5.20. The molecule has 0 amide bonds. The summed E-state index contributed by atoms with van der Waals surface area (Å²) < 4.78 is 4.97. The van der Waals surface area contributed by atoms with Crippen LogP contribution in [-0.2, 0) is 0 Å². The lowest BCUT2D eigenvalue weighted by atomic mass is 10.3. The number of hydrogen-bond donors (Lipinski definition) is 8. The molecule has 0 aliphatic heterocycles. The van der Waals surface area contributed by atoms with E-state index >= 15 is 0 Å². The molecule has 28 heavy (non-hydrogen) atoms. The van der Waals surface area contributed by atoms with Crippen LogP contribution < -0.4 is 4.74 Å². The predicted octanol–water partition coefficient (Wildman–Crippen LogP) is -1.63. The molecular weight excluding hydrogens is 376 g/mol. The normalized spacial score (nSPS) is 11.5. The molecular formula is C18H38O10. The third-order valence-electron chi connectivity index (χ3n) is 2.28. The van der Waals surface area contributed by atoms with Crippen molar-refractivity contribution in [2.75, 3.05) is 19.8 Å². The first-order chi connectivity index (χ1) is 12.6. The van der Waals surface area contributed by atoms with Crippen molar-refractivity contribution in [1.82, 2.24) is 0 Å². The van der Waals surface area contributed by atoms with Crippen LogP contribution in [0.15, 0.2) is 30.3 Å². The Morgan fingerprint density at radius 1 is 0.821 bits per heavy atom. The minimum absolute atomic E-state index is 0. The first-order valence-corrected chi connectivity index (χ1v) is 8.58. The fourth-order valence-electron chi connectivity index (χ4n) is 1.01. The molecule has 0 aliphatic carbocycles. The highest BCUT2D eigenvalue weighted by atomic mass is 16.6. The smallest absolute Gasteiger partial charge is 0.194 e. The summed E-state index contributed by atoms with van der Waals surface area (Å²) in [6, 6.07) is 9.21. The monoisotopic (exact) mass is 414 g/mol. The van der Waals surface area contributed by atoms with Crippen molar-refractivity contribution in [1.29, 1.82) is 0 Å². The number of hydrogen-bond acceptors (Lipinski definition) is 9. The van der Waals surface area contributed by atoms with Crippen LogP contribution in [0.25, 0.3) is 0 Å². The number of benzene rings is 1. The second-order valence-corrected chi connectivity index (χ2v) is 5.35. The van der Waals surface area contributed by atoms with Gasteiger partial charge in [-0.15, -0.1) is 0 Å². The Hall–Kier alpha value is -1.34. The molecule has 170 valence electrons. The Kier molecular flexibility index (Phi) is 31.3. The van der Waals surface area contributed by atoms with Gasteiger partial charge in [0.25, 0.3) is 0 Å². The number of ether oxygens (including phenoxy) is 1. The van der Waals surface area contributed by atoms with Crippen LogP contribution in [0.5, 0.6) is 5.75 Å². The number of aliphatic hydroxyl groups excluding tert-OH is 7. The molecule has 0 bridgehead atoms. The van der Waals surface area contributed by atoms with E-state index in [0.717, 1.165) is 6.42 Å². The Bertz CT molecular complexity index is 370. The molecule has 2 atom stereocenters. The van der Waals surface area contributed by atoms with Gasteiger partial charge in [0.15, 0.2) is 12.6 Å². The van der Waals surface area contributed by atoms with Gasteiger partial charge < -0.3 is 51.1 Å². The molecule has 1 aromatic rings. The lowest BCUT2D eigenvalue weighted by Gasteiger charge is -2.06. The number of rotatable bonds is 7. The van der Waals surface area contributed by atoms with Gasteiger partial charge in [0, 0.05) is 0 Å². The van der Waals surface area contributed by atoms with Crippen molar-refractivity contribution >= 4 is 0 Å². The van der Waals surface area contributed by atoms with Crippen LogP contribution in [0.2, 0.25) is 0 Å². The average molecular weight is 414 g/mol. The molecule has 0 aromatic heterocycles. The van der Waals surface area contributed by atoms with Gasteiger partial charge in [-0.05, 0) is 32.4 Å². The minimum atomic E-state index is -1.10. The van der Waals surface area contributed by atoms with Crippen molar-refractivity contribution < 1.29 is 51.1 Å². The van der Waals surface area contributed by atoms with E-state index in [0.29, 0.717) is 12.2 Å². The summed E-state index contributed by atoms with van der Waals surface area (Å²) in [6.07, 6.45) is -2.03. The summed E-state index contributed by atoms with van der Waals surface area (Å²) in [5.74, 6) is 0.692. The van der Waals surface area contributed by atoms with Crippen molar-refractivity contribution in [3.05, 3.63) is 30.3 Å². The maximum absolute atomic E-state index is 8.78. The summed E-state index contributed by atoms with van der Waals surface area (Å²) in [5.41, 5.74) is 0. The summed E-state index contributed by atoms with van der Waals surface area (Å²) >= 11 is 0. The maximum Gasteiger partial charge on any atom is 0.194 e. The topological polar surface area (TPSA) is 203 Å². The number of para-hydroxylation sites is 1. The molecule has 0 saturated heterocycles. The molecule has 0 spiro atoms. The summed E-state index contributed by atoms with van der Waals surface area (Å²) in [6.45, 7) is 4.14. The SMILES string of the molecule is CC(O)CO.CC(O)Oc1ccccc1.CCCC(O)O.O.OCC(O)CO. The van der Waals surface area contributed by atoms with Gasteiger partial charge in [-0.25, -0.2) is 0 Å².